The fraction of sp³-hybridized carbons (Fsp3) is 0.548. The molecule has 2 fully saturated rings. The third-order valence-corrected chi connectivity index (χ3v) is 8.64. The van der Waals surface area contributed by atoms with Crippen molar-refractivity contribution in [2.75, 3.05) is 5.32 Å². The Hall–Kier alpha value is -1.52. The Morgan fingerprint density at radius 3 is 2.31 bits per heavy atom. The number of rotatable bonds is 7. The zero-order valence-electron chi connectivity index (χ0n) is 21.9. The molecule has 2 aromatic rings. The molecule has 5 heteroatoms. The highest BCUT2D eigenvalue weighted by atomic mass is 35.5. The first-order valence-electron chi connectivity index (χ1n) is 13.6. The molecule has 36 heavy (non-hydrogen) atoms. The van der Waals surface area contributed by atoms with Crippen LogP contribution >= 0.6 is 23.2 Å². The fourth-order valence-electron chi connectivity index (χ4n) is 5.39. The second-order valence-corrected chi connectivity index (χ2v) is 11.7. The van der Waals surface area contributed by atoms with E-state index in [1.54, 1.807) is 0 Å². The first kappa shape index (κ1) is 29.0. The minimum absolute atomic E-state index is 0.0197. The van der Waals surface area contributed by atoms with Crippen LogP contribution in [0.4, 0.5) is 11.4 Å². The zero-order chi connectivity index (χ0) is 26.1. The molecular weight excluding hydrogens is 489 g/mol. The quantitative estimate of drug-likeness (QED) is 0.312. The third-order valence-electron chi connectivity index (χ3n) is 8.01. The lowest BCUT2D eigenvalue weighted by Gasteiger charge is -2.30. The van der Waals surface area contributed by atoms with Crippen molar-refractivity contribution in [3.63, 3.8) is 0 Å². The number of hydrogen-bond donors (Lipinski definition) is 3. The van der Waals surface area contributed by atoms with E-state index in [2.05, 4.69) is 31.8 Å². The molecule has 0 bridgehead atoms. The Morgan fingerprint density at radius 2 is 1.64 bits per heavy atom. The number of benzene rings is 2. The molecule has 0 aliphatic heterocycles. The average molecular weight is 533 g/mol. The molecule has 0 amide bonds. The van der Waals surface area contributed by atoms with E-state index in [0.29, 0.717) is 21.9 Å². The molecule has 4 rings (SSSR count). The third kappa shape index (κ3) is 8.80. The average Bonchev–Trinajstić information content (AvgIpc) is 2.85. The summed E-state index contributed by atoms with van der Waals surface area (Å²) in [5.41, 5.74) is 4.13. The van der Waals surface area contributed by atoms with Crippen molar-refractivity contribution in [2.24, 2.45) is 17.8 Å². The van der Waals surface area contributed by atoms with Gasteiger partial charge in [0.2, 0.25) is 0 Å². The lowest BCUT2D eigenvalue weighted by Crippen LogP contribution is -2.28. The molecule has 0 spiro atoms. The molecule has 2 aliphatic rings. The highest BCUT2D eigenvalue weighted by Gasteiger charge is 2.24. The summed E-state index contributed by atoms with van der Waals surface area (Å²) in [6.45, 7) is 8.67. The van der Waals surface area contributed by atoms with Crippen LogP contribution in [0.15, 0.2) is 54.6 Å². The first-order chi connectivity index (χ1) is 17.2. The minimum Gasteiger partial charge on any atom is -0.393 e. The van der Waals surface area contributed by atoms with E-state index in [1.807, 2.05) is 36.4 Å². The van der Waals surface area contributed by atoms with Crippen molar-refractivity contribution in [1.29, 1.82) is 0 Å². The number of aliphatic hydroxyl groups excluding tert-OH is 2. The summed E-state index contributed by atoms with van der Waals surface area (Å²) < 4.78 is 0. The Kier molecular flexibility index (Phi) is 11.6. The lowest BCUT2D eigenvalue weighted by atomic mass is 9.80. The van der Waals surface area contributed by atoms with Crippen LogP contribution in [-0.2, 0) is 6.42 Å². The van der Waals surface area contributed by atoms with E-state index < -0.39 is 0 Å². The lowest BCUT2D eigenvalue weighted by molar-refractivity contribution is 0.0486. The van der Waals surface area contributed by atoms with Crippen molar-refractivity contribution in [3.05, 3.63) is 70.2 Å². The van der Waals surface area contributed by atoms with Gasteiger partial charge in [-0.15, -0.1) is 0 Å². The van der Waals surface area contributed by atoms with E-state index >= 15 is 0 Å². The number of aliphatic hydroxyl groups is 2. The van der Waals surface area contributed by atoms with Gasteiger partial charge in [0.1, 0.15) is 0 Å². The topological polar surface area (TPSA) is 52.5 Å². The van der Waals surface area contributed by atoms with Gasteiger partial charge in [-0.1, -0.05) is 99.2 Å². The molecule has 2 aromatic carbocycles. The summed E-state index contributed by atoms with van der Waals surface area (Å²) in [7, 11) is 0. The van der Waals surface area contributed by atoms with Crippen LogP contribution in [0, 0.1) is 17.8 Å². The molecule has 4 unspecified atom stereocenters. The van der Waals surface area contributed by atoms with E-state index in [1.165, 1.54) is 30.4 Å². The van der Waals surface area contributed by atoms with Crippen LogP contribution in [0.5, 0.6) is 0 Å². The van der Waals surface area contributed by atoms with Crippen LogP contribution in [0.2, 0.25) is 10.0 Å². The molecule has 2 aliphatic carbocycles. The summed E-state index contributed by atoms with van der Waals surface area (Å²) >= 11 is 12.6. The SMILES string of the molecule is C=C(CCC1CCCC(O)C1)Cc1ccccc1Nc1c(Cl)cccc1Cl.CC1CCCC(O)[C@@H]1C. The van der Waals surface area contributed by atoms with Gasteiger partial charge in [0.15, 0.2) is 0 Å². The van der Waals surface area contributed by atoms with Crippen LogP contribution in [-0.4, -0.2) is 22.4 Å². The highest BCUT2D eigenvalue weighted by Crippen LogP contribution is 2.35. The molecule has 3 N–H and O–H groups in total. The Labute approximate surface area is 227 Å². The summed E-state index contributed by atoms with van der Waals surface area (Å²) in [5.74, 6) is 1.88. The second kappa shape index (κ2) is 14.4. The zero-order valence-corrected chi connectivity index (χ0v) is 23.4. The molecule has 0 aromatic heterocycles. The molecule has 198 valence electrons. The van der Waals surface area contributed by atoms with Gasteiger partial charge in [-0.3, -0.25) is 0 Å². The summed E-state index contributed by atoms with van der Waals surface area (Å²) in [5, 5.41) is 23.8. The largest absolute Gasteiger partial charge is 0.393 e. The van der Waals surface area contributed by atoms with Crippen molar-refractivity contribution in [3.8, 4) is 0 Å². The number of hydrogen-bond acceptors (Lipinski definition) is 3. The highest BCUT2D eigenvalue weighted by molar-refractivity contribution is 6.39. The number of nitrogens with one attached hydrogen (secondary N) is 1. The van der Waals surface area contributed by atoms with Gasteiger partial charge in [0.25, 0.3) is 0 Å². The molecule has 0 radical (unpaired) electrons. The predicted octanol–water partition coefficient (Wildman–Crippen LogP) is 8.97. The summed E-state index contributed by atoms with van der Waals surface area (Å²) in [6, 6.07) is 13.7. The fourth-order valence-corrected chi connectivity index (χ4v) is 5.89. The van der Waals surface area contributed by atoms with E-state index in [9.17, 15) is 10.2 Å². The molecular formula is C31H43Cl2NO2. The normalized spacial score (nSPS) is 26.0. The van der Waals surface area contributed by atoms with Crippen molar-refractivity contribution in [1.82, 2.24) is 0 Å². The van der Waals surface area contributed by atoms with E-state index in [-0.39, 0.29) is 12.2 Å². The predicted molar refractivity (Wildman–Crippen MR) is 154 cm³/mol. The molecule has 5 atom stereocenters. The van der Waals surface area contributed by atoms with Crippen LogP contribution < -0.4 is 5.32 Å². The molecule has 2 saturated carbocycles. The maximum absolute atomic E-state index is 9.85. The standard InChI is InChI=1S/C23H27Cl2NO.C8H16O/c1-16(12-13-17-6-4-8-19(27)15-17)14-18-7-2-3-11-22(18)26-23-20(24)9-5-10-21(23)25;1-6-4-3-5-8(9)7(6)2/h2-3,5,7,9-11,17,19,26-27H,1,4,6,8,12-15H2;6-9H,3-5H2,1-2H3/t;6?,7-,8?/m.1/s1. The van der Waals surface area contributed by atoms with E-state index in [4.69, 9.17) is 23.2 Å². The van der Waals surface area contributed by atoms with Crippen molar-refractivity contribution >= 4 is 34.6 Å². The number of allylic oxidation sites excluding steroid dienone is 1. The first-order valence-corrected chi connectivity index (χ1v) is 14.3. The van der Waals surface area contributed by atoms with Crippen LogP contribution in [0.3, 0.4) is 0 Å². The van der Waals surface area contributed by atoms with Gasteiger partial charge in [-0.05, 0) is 80.0 Å². The van der Waals surface area contributed by atoms with Gasteiger partial charge >= 0.3 is 0 Å². The van der Waals surface area contributed by atoms with Gasteiger partial charge in [-0.2, -0.15) is 0 Å². The smallest absolute Gasteiger partial charge is 0.0762 e. The Morgan fingerprint density at radius 1 is 0.944 bits per heavy atom. The minimum atomic E-state index is -0.109. The Balaban J connectivity index is 0.000000338. The van der Waals surface area contributed by atoms with Gasteiger partial charge in [0.05, 0.1) is 27.9 Å². The van der Waals surface area contributed by atoms with Crippen molar-refractivity contribution < 1.29 is 10.2 Å². The van der Waals surface area contributed by atoms with Crippen molar-refractivity contribution in [2.45, 2.75) is 90.3 Å². The maximum Gasteiger partial charge on any atom is 0.0762 e. The number of para-hydroxylation sites is 2. The van der Waals surface area contributed by atoms with Crippen LogP contribution in [0.1, 0.15) is 77.2 Å². The van der Waals surface area contributed by atoms with E-state index in [0.717, 1.165) is 62.2 Å². The van der Waals surface area contributed by atoms with Gasteiger partial charge in [0, 0.05) is 5.69 Å². The number of anilines is 2. The monoisotopic (exact) mass is 531 g/mol. The number of halogens is 2. The molecule has 0 heterocycles. The second-order valence-electron chi connectivity index (χ2n) is 10.9. The van der Waals surface area contributed by atoms with Crippen LogP contribution in [0.25, 0.3) is 0 Å². The Bertz CT molecular complexity index is 949. The molecule has 3 nitrogen and oxygen atoms in total. The van der Waals surface area contributed by atoms with Gasteiger partial charge < -0.3 is 15.5 Å². The summed E-state index contributed by atoms with van der Waals surface area (Å²) in [6.07, 6.45) is 10.6. The molecule has 0 saturated heterocycles. The maximum atomic E-state index is 9.85. The summed E-state index contributed by atoms with van der Waals surface area (Å²) in [4.78, 5) is 0. The van der Waals surface area contributed by atoms with Gasteiger partial charge in [-0.25, -0.2) is 0 Å².